The highest BCUT2D eigenvalue weighted by molar-refractivity contribution is 7.16. The van der Waals surface area contributed by atoms with Crippen molar-refractivity contribution in [2.45, 2.75) is 44.9 Å². The summed E-state index contributed by atoms with van der Waals surface area (Å²) < 4.78 is 42.4. The summed E-state index contributed by atoms with van der Waals surface area (Å²) in [5, 5.41) is 20.0. The minimum atomic E-state index is -4.56. The van der Waals surface area contributed by atoms with Crippen molar-refractivity contribution < 1.29 is 18.0 Å². The Hall–Kier alpha value is -3.03. The number of carbonyl (C=O) groups excluding carboxylic acids is 1. The number of hydrogen-bond acceptors (Lipinski definition) is 5. The Morgan fingerprint density at radius 3 is 2.70 bits per heavy atom. The van der Waals surface area contributed by atoms with Crippen LogP contribution in [0.4, 0.5) is 24.0 Å². The van der Waals surface area contributed by atoms with E-state index >= 15 is 0 Å². The van der Waals surface area contributed by atoms with E-state index in [9.17, 15) is 23.2 Å². The molecule has 11 heteroatoms. The lowest BCUT2D eigenvalue weighted by atomic mass is 9.97. The first-order valence-electron chi connectivity index (χ1n) is 10.1. The van der Waals surface area contributed by atoms with Gasteiger partial charge in [-0.1, -0.05) is 30.7 Å². The van der Waals surface area contributed by atoms with Crippen molar-refractivity contribution in [1.29, 1.82) is 5.26 Å². The molecule has 172 valence electrons. The second-order valence-corrected chi connectivity index (χ2v) is 9.32. The van der Waals surface area contributed by atoms with Crippen LogP contribution in [0.1, 0.15) is 57.5 Å². The summed E-state index contributed by atoms with van der Waals surface area (Å²) in [6, 6.07) is 7.43. The summed E-state index contributed by atoms with van der Waals surface area (Å²) in [7, 11) is 0. The first kappa shape index (κ1) is 23.1. The largest absolute Gasteiger partial charge is 0.410 e. The van der Waals surface area contributed by atoms with Crippen molar-refractivity contribution in [3.63, 3.8) is 0 Å². The lowest BCUT2D eigenvalue weighted by Gasteiger charge is -2.33. The molecule has 0 spiro atoms. The molecule has 0 saturated carbocycles. The second kappa shape index (κ2) is 8.72. The van der Waals surface area contributed by atoms with Crippen LogP contribution in [0.2, 0.25) is 5.02 Å². The van der Waals surface area contributed by atoms with E-state index in [1.54, 1.807) is 24.3 Å². The number of alkyl halides is 3. The highest BCUT2D eigenvalue weighted by Gasteiger charge is 2.46. The van der Waals surface area contributed by atoms with Crippen LogP contribution < -0.4 is 10.6 Å². The predicted octanol–water partition coefficient (Wildman–Crippen LogP) is 6.25. The van der Waals surface area contributed by atoms with Crippen molar-refractivity contribution >= 4 is 39.7 Å². The lowest BCUT2D eigenvalue weighted by Crippen LogP contribution is -2.35. The summed E-state index contributed by atoms with van der Waals surface area (Å²) >= 11 is 7.16. The number of aromatic nitrogens is 2. The van der Waals surface area contributed by atoms with Gasteiger partial charge < -0.3 is 10.6 Å². The number of rotatable bonds is 4. The molecule has 2 N–H and O–H groups in total. The number of fused-ring (bicyclic) bond motifs is 1. The SMILES string of the molecule is CCc1c(C)sc(NC(=O)c2cc3n(n2)C(C(F)(F)F)CC(c2ccc(Cl)cc2)N3)c1C#N. The van der Waals surface area contributed by atoms with Gasteiger partial charge in [-0.2, -0.15) is 23.5 Å². The van der Waals surface area contributed by atoms with Gasteiger partial charge in [0.15, 0.2) is 11.7 Å². The molecule has 4 rings (SSSR count). The molecule has 0 bridgehead atoms. The molecule has 0 radical (unpaired) electrons. The van der Waals surface area contributed by atoms with Crippen LogP contribution in [0.3, 0.4) is 0 Å². The van der Waals surface area contributed by atoms with Crippen LogP contribution in [0.15, 0.2) is 30.3 Å². The summed E-state index contributed by atoms with van der Waals surface area (Å²) in [4.78, 5) is 13.7. The van der Waals surface area contributed by atoms with Gasteiger partial charge in [0.2, 0.25) is 0 Å². The van der Waals surface area contributed by atoms with Gasteiger partial charge in [0, 0.05) is 22.4 Å². The molecule has 3 aromatic rings. The van der Waals surface area contributed by atoms with Gasteiger partial charge in [0.05, 0.1) is 11.6 Å². The van der Waals surface area contributed by atoms with E-state index in [4.69, 9.17) is 11.6 Å². The Labute approximate surface area is 197 Å². The Morgan fingerprint density at radius 1 is 1.39 bits per heavy atom. The fraction of sp³-hybridized carbons (Fsp3) is 0.318. The molecule has 2 atom stereocenters. The normalized spacial score (nSPS) is 17.7. The minimum Gasteiger partial charge on any atom is -0.363 e. The zero-order valence-electron chi connectivity index (χ0n) is 17.6. The fourth-order valence-corrected chi connectivity index (χ4v) is 5.19. The molecule has 3 heterocycles. The average molecular weight is 494 g/mol. The molecule has 6 nitrogen and oxygen atoms in total. The molecule has 1 aliphatic heterocycles. The summed E-state index contributed by atoms with van der Waals surface area (Å²) in [5.74, 6) is -0.589. The lowest BCUT2D eigenvalue weighted by molar-refractivity contribution is -0.173. The Kier molecular flexibility index (Phi) is 6.12. The van der Waals surface area contributed by atoms with E-state index in [-0.39, 0.29) is 17.9 Å². The van der Waals surface area contributed by atoms with Gasteiger partial charge in [0.1, 0.15) is 16.9 Å². The average Bonchev–Trinajstić information content (AvgIpc) is 3.32. The summed E-state index contributed by atoms with van der Waals surface area (Å²) in [6.45, 7) is 3.76. The fourth-order valence-electron chi connectivity index (χ4n) is 3.98. The van der Waals surface area contributed by atoms with E-state index < -0.39 is 24.2 Å². The number of nitrogens with one attached hydrogen (secondary N) is 2. The highest BCUT2D eigenvalue weighted by atomic mass is 35.5. The number of benzene rings is 1. The quantitative estimate of drug-likeness (QED) is 0.450. The van der Waals surface area contributed by atoms with Gasteiger partial charge in [-0.05, 0) is 36.6 Å². The molecular formula is C22H19ClF3N5OS. The molecule has 1 amide bonds. The van der Waals surface area contributed by atoms with Gasteiger partial charge >= 0.3 is 6.18 Å². The van der Waals surface area contributed by atoms with Crippen molar-refractivity contribution in [3.8, 4) is 6.07 Å². The van der Waals surface area contributed by atoms with E-state index in [1.165, 1.54) is 17.4 Å². The monoisotopic (exact) mass is 493 g/mol. The number of carbonyl (C=O) groups is 1. The van der Waals surface area contributed by atoms with Crippen LogP contribution in [0, 0.1) is 18.3 Å². The number of halogens is 4. The van der Waals surface area contributed by atoms with Crippen LogP contribution in [0.5, 0.6) is 0 Å². The molecule has 2 unspecified atom stereocenters. The molecule has 2 aromatic heterocycles. The summed E-state index contributed by atoms with van der Waals surface area (Å²) in [6.07, 6.45) is -4.22. The standard InChI is InChI=1S/C22H19ClF3N5OS/c1-3-14-11(2)33-21(15(14)10-27)29-20(32)17-9-19-28-16(12-4-6-13(23)7-5-12)8-18(22(24,25)26)31(19)30-17/h4-7,9,16,18,28H,3,8H2,1-2H3,(H,29,32). The van der Waals surface area contributed by atoms with Crippen molar-refractivity contribution in [1.82, 2.24) is 9.78 Å². The van der Waals surface area contributed by atoms with Crippen molar-refractivity contribution in [2.75, 3.05) is 10.6 Å². The highest BCUT2D eigenvalue weighted by Crippen LogP contribution is 2.44. The minimum absolute atomic E-state index is 0.0887. The number of anilines is 2. The number of thiophene rings is 1. The zero-order valence-corrected chi connectivity index (χ0v) is 19.2. The first-order valence-corrected chi connectivity index (χ1v) is 11.3. The van der Waals surface area contributed by atoms with Crippen LogP contribution in [0.25, 0.3) is 0 Å². The zero-order chi connectivity index (χ0) is 23.9. The number of amides is 1. The third-order valence-electron chi connectivity index (χ3n) is 5.60. The first-order chi connectivity index (χ1) is 15.6. The summed E-state index contributed by atoms with van der Waals surface area (Å²) in [5.41, 5.74) is 1.68. The Balaban J connectivity index is 1.66. The Morgan fingerprint density at radius 2 is 2.09 bits per heavy atom. The third-order valence-corrected chi connectivity index (χ3v) is 6.91. The molecule has 1 aromatic carbocycles. The third kappa shape index (κ3) is 4.43. The maximum atomic E-state index is 13.9. The van der Waals surface area contributed by atoms with Gasteiger partial charge in [0.25, 0.3) is 5.91 Å². The topological polar surface area (TPSA) is 82.7 Å². The van der Waals surface area contributed by atoms with Crippen LogP contribution in [-0.4, -0.2) is 21.9 Å². The molecular weight excluding hydrogens is 475 g/mol. The number of hydrogen-bond donors (Lipinski definition) is 2. The van der Waals surface area contributed by atoms with E-state index in [1.807, 2.05) is 13.8 Å². The van der Waals surface area contributed by atoms with Crippen molar-refractivity contribution in [3.05, 3.63) is 62.6 Å². The number of nitriles is 1. The molecule has 0 saturated heterocycles. The predicted molar refractivity (Wildman–Crippen MR) is 121 cm³/mol. The van der Waals surface area contributed by atoms with E-state index in [0.717, 1.165) is 15.1 Å². The Bertz CT molecular complexity index is 1240. The van der Waals surface area contributed by atoms with Gasteiger partial charge in [-0.15, -0.1) is 11.3 Å². The van der Waals surface area contributed by atoms with E-state index in [2.05, 4.69) is 21.8 Å². The smallest absolute Gasteiger partial charge is 0.363 e. The maximum absolute atomic E-state index is 13.9. The molecule has 1 aliphatic rings. The molecule has 0 aliphatic carbocycles. The van der Waals surface area contributed by atoms with E-state index in [0.29, 0.717) is 27.6 Å². The van der Waals surface area contributed by atoms with Gasteiger partial charge in [-0.25, -0.2) is 4.68 Å². The number of nitrogens with zero attached hydrogens (tertiary/aromatic N) is 3. The maximum Gasteiger partial charge on any atom is 0.410 e. The molecule has 33 heavy (non-hydrogen) atoms. The molecule has 0 fully saturated rings. The van der Waals surface area contributed by atoms with Gasteiger partial charge in [-0.3, -0.25) is 4.79 Å². The van der Waals surface area contributed by atoms with Crippen LogP contribution in [-0.2, 0) is 6.42 Å². The second-order valence-electron chi connectivity index (χ2n) is 7.66. The number of aryl methyl sites for hydroxylation is 1. The van der Waals surface area contributed by atoms with Crippen molar-refractivity contribution in [2.24, 2.45) is 0 Å². The van der Waals surface area contributed by atoms with Crippen LogP contribution >= 0.6 is 22.9 Å².